The molecule has 0 saturated carbocycles. The molecule has 2 fully saturated rings. The van der Waals surface area contributed by atoms with Gasteiger partial charge in [0, 0.05) is 0 Å². The molecular weight excluding hydrogens is 308 g/mol. The molecule has 2 heterocycles. The first-order valence-corrected chi connectivity index (χ1v) is 8.27. The van der Waals surface area contributed by atoms with Crippen molar-refractivity contribution in [1.29, 1.82) is 0 Å². The van der Waals surface area contributed by atoms with Crippen LogP contribution in [0.4, 0.5) is 0 Å². The van der Waals surface area contributed by atoms with Crippen LogP contribution >= 0.6 is 0 Å². The predicted molar refractivity (Wildman–Crippen MR) is 88.4 cm³/mol. The lowest BCUT2D eigenvalue weighted by Crippen LogP contribution is -2.57. The van der Waals surface area contributed by atoms with Gasteiger partial charge in [0.1, 0.15) is 24.4 Å². The van der Waals surface area contributed by atoms with Crippen LogP contribution in [0.25, 0.3) is 0 Å². The minimum absolute atomic E-state index is 0.292. The van der Waals surface area contributed by atoms with E-state index in [0.29, 0.717) is 13.0 Å². The van der Waals surface area contributed by atoms with E-state index in [2.05, 4.69) is 6.58 Å². The van der Waals surface area contributed by atoms with Crippen LogP contribution in [-0.2, 0) is 30.3 Å². The third-order valence-corrected chi connectivity index (χ3v) is 4.33. The maximum atomic E-state index is 11.4. The normalized spacial score (nSPS) is 34.5. The molecule has 0 radical (unpaired) electrons. The molecule has 2 saturated heterocycles. The minimum atomic E-state index is -0.766. The van der Waals surface area contributed by atoms with Crippen molar-refractivity contribution in [2.45, 2.75) is 63.2 Å². The molecule has 0 N–H and O–H groups in total. The molecule has 5 atom stereocenters. The zero-order chi connectivity index (χ0) is 17.2. The summed E-state index contributed by atoms with van der Waals surface area (Å²) in [4.78, 5) is 11.4. The standard InChI is InChI=1S/C19H24O5/c1-4-8-14-16(21-12-13-9-6-5-7-10-13)18-17(15(11-20)22-14)23-19(2,3)24-18/h4-7,9-11,14-18H,1,8,12H2,2-3H3/t14-,15-,16+,17+,18-/m1/s1. The monoisotopic (exact) mass is 332 g/mol. The van der Waals surface area contributed by atoms with Crippen molar-refractivity contribution >= 4 is 6.29 Å². The van der Waals surface area contributed by atoms with Crippen LogP contribution in [0, 0.1) is 0 Å². The van der Waals surface area contributed by atoms with E-state index < -0.39 is 18.0 Å². The maximum Gasteiger partial charge on any atom is 0.164 e. The fourth-order valence-corrected chi connectivity index (χ4v) is 3.33. The second kappa shape index (κ2) is 7.15. The van der Waals surface area contributed by atoms with Gasteiger partial charge >= 0.3 is 0 Å². The second-order valence-corrected chi connectivity index (χ2v) is 6.63. The summed E-state index contributed by atoms with van der Waals surface area (Å²) in [6.07, 6.45) is 1.05. The second-order valence-electron chi connectivity index (χ2n) is 6.63. The number of benzene rings is 1. The molecular formula is C19H24O5. The number of aldehydes is 1. The summed E-state index contributed by atoms with van der Waals surface area (Å²) >= 11 is 0. The Morgan fingerprint density at radius 2 is 1.92 bits per heavy atom. The molecule has 0 aromatic heterocycles. The van der Waals surface area contributed by atoms with Gasteiger partial charge in [0.2, 0.25) is 0 Å². The van der Waals surface area contributed by atoms with Gasteiger partial charge in [0.25, 0.3) is 0 Å². The number of ether oxygens (including phenoxy) is 4. The number of fused-ring (bicyclic) bond motifs is 1. The molecule has 2 aliphatic rings. The van der Waals surface area contributed by atoms with Crippen LogP contribution in [0.2, 0.25) is 0 Å². The van der Waals surface area contributed by atoms with E-state index in [4.69, 9.17) is 18.9 Å². The lowest BCUT2D eigenvalue weighted by atomic mass is 9.93. The molecule has 0 amide bonds. The summed E-state index contributed by atoms with van der Waals surface area (Å²) in [7, 11) is 0. The summed E-state index contributed by atoms with van der Waals surface area (Å²) in [6.45, 7) is 7.90. The minimum Gasteiger partial charge on any atom is -0.368 e. The molecule has 1 aromatic carbocycles. The highest BCUT2D eigenvalue weighted by Gasteiger charge is 2.55. The fourth-order valence-electron chi connectivity index (χ4n) is 3.33. The van der Waals surface area contributed by atoms with Gasteiger partial charge in [-0.05, 0) is 25.8 Å². The molecule has 3 rings (SSSR count). The maximum absolute atomic E-state index is 11.4. The van der Waals surface area contributed by atoms with E-state index in [1.54, 1.807) is 6.08 Å². The van der Waals surface area contributed by atoms with Crippen molar-refractivity contribution in [3.8, 4) is 0 Å². The quantitative estimate of drug-likeness (QED) is 0.592. The van der Waals surface area contributed by atoms with E-state index in [0.717, 1.165) is 11.8 Å². The van der Waals surface area contributed by atoms with Crippen molar-refractivity contribution in [3.63, 3.8) is 0 Å². The zero-order valence-electron chi connectivity index (χ0n) is 14.1. The Morgan fingerprint density at radius 1 is 1.21 bits per heavy atom. The third-order valence-electron chi connectivity index (χ3n) is 4.33. The first-order chi connectivity index (χ1) is 11.5. The number of carbonyl (C=O) groups is 1. The first kappa shape index (κ1) is 17.3. The molecule has 0 aliphatic carbocycles. The van der Waals surface area contributed by atoms with Gasteiger partial charge in [-0.15, -0.1) is 6.58 Å². The number of hydrogen-bond donors (Lipinski definition) is 0. The highest BCUT2D eigenvalue weighted by molar-refractivity contribution is 5.58. The van der Waals surface area contributed by atoms with Gasteiger partial charge < -0.3 is 23.7 Å². The number of carbonyl (C=O) groups excluding carboxylic acids is 1. The molecule has 1 aromatic rings. The summed E-state index contributed by atoms with van der Waals surface area (Å²) in [6, 6.07) is 9.93. The van der Waals surface area contributed by atoms with E-state index in [9.17, 15) is 4.79 Å². The van der Waals surface area contributed by atoms with E-state index in [1.807, 2.05) is 44.2 Å². The van der Waals surface area contributed by atoms with Crippen LogP contribution in [-0.4, -0.2) is 42.6 Å². The molecule has 5 nitrogen and oxygen atoms in total. The summed E-state index contributed by atoms with van der Waals surface area (Å²) < 4.78 is 24.0. The Kier molecular flexibility index (Phi) is 5.15. The molecule has 24 heavy (non-hydrogen) atoms. The van der Waals surface area contributed by atoms with Gasteiger partial charge in [-0.2, -0.15) is 0 Å². The zero-order valence-corrected chi connectivity index (χ0v) is 14.1. The third kappa shape index (κ3) is 3.59. The smallest absolute Gasteiger partial charge is 0.164 e. The van der Waals surface area contributed by atoms with Gasteiger partial charge in [0.15, 0.2) is 12.1 Å². The SMILES string of the molecule is C=CC[C@H]1O[C@H](C=O)[C@@H]2OC(C)(C)O[C@@H]2[C@H]1OCc1ccccc1. The lowest BCUT2D eigenvalue weighted by molar-refractivity contribution is -0.201. The Hall–Kier alpha value is -1.53. The van der Waals surface area contributed by atoms with Gasteiger partial charge in [-0.1, -0.05) is 36.4 Å². The van der Waals surface area contributed by atoms with Crippen molar-refractivity contribution in [1.82, 2.24) is 0 Å². The van der Waals surface area contributed by atoms with E-state index in [1.165, 1.54) is 0 Å². The summed E-state index contributed by atoms with van der Waals surface area (Å²) in [5, 5.41) is 0. The van der Waals surface area contributed by atoms with E-state index in [-0.39, 0.29) is 18.3 Å². The largest absolute Gasteiger partial charge is 0.368 e. The van der Waals surface area contributed by atoms with Crippen LogP contribution in [0.1, 0.15) is 25.8 Å². The van der Waals surface area contributed by atoms with Gasteiger partial charge in [0.05, 0.1) is 12.7 Å². The predicted octanol–water partition coefficient (Wildman–Crippen LogP) is 2.63. The highest BCUT2D eigenvalue weighted by atomic mass is 16.8. The molecule has 2 aliphatic heterocycles. The molecule has 130 valence electrons. The first-order valence-electron chi connectivity index (χ1n) is 8.27. The van der Waals surface area contributed by atoms with Gasteiger partial charge in [-0.3, -0.25) is 0 Å². The van der Waals surface area contributed by atoms with Crippen molar-refractivity contribution in [2.75, 3.05) is 0 Å². The van der Waals surface area contributed by atoms with Crippen LogP contribution < -0.4 is 0 Å². The van der Waals surface area contributed by atoms with Gasteiger partial charge in [-0.25, -0.2) is 0 Å². The Labute approximate surface area is 142 Å². The van der Waals surface area contributed by atoms with Crippen LogP contribution in [0.15, 0.2) is 43.0 Å². The Balaban J connectivity index is 1.79. The molecule has 5 heteroatoms. The number of hydrogen-bond acceptors (Lipinski definition) is 5. The average Bonchev–Trinajstić information content (AvgIpc) is 2.89. The average molecular weight is 332 g/mol. The van der Waals surface area contributed by atoms with Crippen molar-refractivity contribution in [3.05, 3.63) is 48.6 Å². The van der Waals surface area contributed by atoms with E-state index >= 15 is 0 Å². The summed E-state index contributed by atoms with van der Waals surface area (Å²) in [5.74, 6) is -0.766. The number of rotatable bonds is 6. The summed E-state index contributed by atoms with van der Waals surface area (Å²) in [5.41, 5.74) is 1.07. The van der Waals surface area contributed by atoms with Crippen LogP contribution in [0.3, 0.4) is 0 Å². The Morgan fingerprint density at radius 3 is 2.58 bits per heavy atom. The lowest BCUT2D eigenvalue weighted by Gasteiger charge is -2.40. The molecule has 0 spiro atoms. The van der Waals surface area contributed by atoms with Crippen molar-refractivity contribution < 1.29 is 23.7 Å². The van der Waals surface area contributed by atoms with Crippen LogP contribution in [0.5, 0.6) is 0 Å². The molecule has 0 bridgehead atoms. The highest BCUT2D eigenvalue weighted by Crippen LogP contribution is 2.39. The molecule has 0 unspecified atom stereocenters. The topological polar surface area (TPSA) is 54.0 Å². The van der Waals surface area contributed by atoms with Crippen molar-refractivity contribution in [2.24, 2.45) is 0 Å². The fraction of sp³-hybridized carbons (Fsp3) is 0.526. The Bertz CT molecular complexity index is 570.